The topological polar surface area (TPSA) is 29.3 Å². The van der Waals surface area contributed by atoms with E-state index in [1.807, 2.05) is 23.9 Å². The van der Waals surface area contributed by atoms with E-state index in [1.165, 1.54) is 23.4 Å². The summed E-state index contributed by atoms with van der Waals surface area (Å²) in [5.74, 6) is 1.21. The molecule has 0 saturated heterocycles. The molecule has 0 bridgehead atoms. The molecule has 0 saturated carbocycles. The smallest absolute Gasteiger partial charge is 0.0397 e. The fourth-order valence-electron chi connectivity index (χ4n) is 1.79. The van der Waals surface area contributed by atoms with Gasteiger partial charge in [-0.25, -0.2) is 0 Å². The minimum Gasteiger partial charge on any atom is -0.399 e. The lowest BCUT2D eigenvalue weighted by molar-refractivity contribution is 0.668. The number of rotatable bonds is 5. The second-order valence-electron chi connectivity index (χ2n) is 4.29. The molecule has 3 heteroatoms. The third-order valence-corrected chi connectivity index (χ3v) is 3.65. The van der Waals surface area contributed by atoms with E-state index in [1.54, 1.807) is 0 Å². The van der Waals surface area contributed by atoms with Gasteiger partial charge in [-0.05, 0) is 56.0 Å². The van der Waals surface area contributed by atoms with Crippen LogP contribution in [0.4, 0.5) is 11.4 Å². The average Bonchev–Trinajstić information content (AvgIpc) is 2.25. The second kappa shape index (κ2) is 6.04. The number of hydrogen-bond acceptors (Lipinski definition) is 3. The molecule has 1 aromatic carbocycles. The van der Waals surface area contributed by atoms with E-state index in [4.69, 9.17) is 5.73 Å². The van der Waals surface area contributed by atoms with Gasteiger partial charge in [-0.3, -0.25) is 0 Å². The molecule has 16 heavy (non-hydrogen) atoms. The number of aryl methyl sites for hydroxylation is 1. The number of nitrogens with zero attached hydrogens (tertiary/aromatic N) is 1. The summed E-state index contributed by atoms with van der Waals surface area (Å²) in [5.41, 5.74) is 9.13. The summed E-state index contributed by atoms with van der Waals surface area (Å²) in [7, 11) is 2.16. The van der Waals surface area contributed by atoms with E-state index in [0.717, 1.165) is 5.69 Å². The van der Waals surface area contributed by atoms with Gasteiger partial charge in [0.05, 0.1) is 0 Å². The summed E-state index contributed by atoms with van der Waals surface area (Å²) in [5, 5.41) is 0. The maximum Gasteiger partial charge on any atom is 0.0397 e. The minimum atomic E-state index is 0.565. The monoisotopic (exact) mass is 238 g/mol. The third-order valence-electron chi connectivity index (χ3n) is 3.00. The Labute approximate surface area is 103 Å². The molecule has 1 rings (SSSR count). The van der Waals surface area contributed by atoms with E-state index >= 15 is 0 Å². The van der Waals surface area contributed by atoms with Crippen LogP contribution in [0.2, 0.25) is 0 Å². The number of hydrogen-bond donors (Lipinski definition) is 1. The summed E-state index contributed by atoms with van der Waals surface area (Å²) in [4.78, 5) is 2.34. The van der Waals surface area contributed by atoms with Gasteiger partial charge in [0.25, 0.3) is 0 Å². The van der Waals surface area contributed by atoms with Crippen molar-refractivity contribution in [1.29, 1.82) is 0 Å². The van der Waals surface area contributed by atoms with Crippen LogP contribution in [-0.4, -0.2) is 25.1 Å². The van der Waals surface area contributed by atoms with Gasteiger partial charge in [0.1, 0.15) is 0 Å². The Morgan fingerprint density at radius 3 is 2.69 bits per heavy atom. The largest absolute Gasteiger partial charge is 0.399 e. The average molecular weight is 238 g/mol. The van der Waals surface area contributed by atoms with Crippen LogP contribution in [0.25, 0.3) is 0 Å². The van der Waals surface area contributed by atoms with Crippen LogP contribution < -0.4 is 10.6 Å². The Kier molecular flexibility index (Phi) is 5.00. The minimum absolute atomic E-state index is 0.565. The van der Waals surface area contributed by atoms with Crippen LogP contribution in [0.5, 0.6) is 0 Å². The van der Waals surface area contributed by atoms with Gasteiger partial charge in [-0.1, -0.05) is 0 Å². The molecule has 1 atom stereocenters. The zero-order chi connectivity index (χ0) is 12.1. The van der Waals surface area contributed by atoms with Crippen LogP contribution in [0.3, 0.4) is 0 Å². The number of benzene rings is 1. The number of nitrogen functional groups attached to an aromatic ring is 1. The van der Waals surface area contributed by atoms with Crippen molar-refractivity contribution in [3.63, 3.8) is 0 Å². The van der Waals surface area contributed by atoms with Gasteiger partial charge in [0.15, 0.2) is 0 Å². The van der Waals surface area contributed by atoms with Gasteiger partial charge in [-0.2, -0.15) is 11.8 Å². The van der Waals surface area contributed by atoms with Gasteiger partial charge in [-0.15, -0.1) is 0 Å². The molecular weight excluding hydrogens is 216 g/mol. The van der Waals surface area contributed by atoms with E-state index in [0.29, 0.717) is 6.04 Å². The van der Waals surface area contributed by atoms with E-state index in [9.17, 15) is 0 Å². The Morgan fingerprint density at radius 1 is 1.44 bits per heavy atom. The lowest BCUT2D eigenvalue weighted by Gasteiger charge is -2.28. The van der Waals surface area contributed by atoms with Gasteiger partial charge >= 0.3 is 0 Å². The zero-order valence-electron chi connectivity index (χ0n) is 10.7. The molecule has 0 amide bonds. The second-order valence-corrected chi connectivity index (χ2v) is 5.27. The Balaban J connectivity index is 2.75. The molecule has 2 N–H and O–H groups in total. The molecule has 0 aliphatic carbocycles. The lowest BCUT2D eigenvalue weighted by Crippen LogP contribution is -2.29. The fourth-order valence-corrected chi connectivity index (χ4v) is 2.37. The van der Waals surface area contributed by atoms with Crippen molar-refractivity contribution in [3.05, 3.63) is 23.8 Å². The van der Waals surface area contributed by atoms with E-state index in [2.05, 4.69) is 38.1 Å². The normalized spacial score (nSPS) is 12.5. The molecular formula is C13H22N2S. The molecule has 0 aromatic heterocycles. The molecule has 2 nitrogen and oxygen atoms in total. The quantitative estimate of drug-likeness (QED) is 0.799. The maximum absolute atomic E-state index is 5.76. The van der Waals surface area contributed by atoms with Gasteiger partial charge in [0.2, 0.25) is 0 Å². The van der Waals surface area contributed by atoms with Crippen LogP contribution in [0.15, 0.2) is 18.2 Å². The third kappa shape index (κ3) is 3.34. The molecule has 0 spiro atoms. The highest BCUT2D eigenvalue weighted by molar-refractivity contribution is 7.98. The molecule has 0 aliphatic rings. The summed E-state index contributed by atoms with van der Waals surface area (Å²) in [6, 6.07) is 6.68. The Bertz CT molecular complexity index is 339. The van der Waals surface area contributed by atoms with Gasteiger partial charge in [0, 0.05) is 24.5 Å². The van der Waals surface area contributed by atoms with Crippen LogP contribution >= 0.6 is 11.8 Å². The first kappa shape index (κ1) is 13.2. The first-order valence-corrected chi connectivity index (χ1v) is 7.03. The predicted molar refractivity (Wildman–Crippen MR) is 76.5 cm³/mol. The predicted octanol–water partition coefficient (Wildman–Crippen LogP) is 3.16. The molecule has 1 aromatic rings. The molecule has 90 valence electrons. The Hall–Kier alpha value is -0.830. The summed E-state index contributed by atoms with van der Waals surface area (Å²) in [6.07, 6.45) is 3.36. The molecule has 0 radical (unpaired) electrons. The van der Waals surface area contributed by atoms with Gasteiger partial charge < -0.3 is 10.6 Å². The van der Waals surface area contributed by atoms with Crippen molar-refractivity contribution in [3.8, 4) is 0 Å². The SMILES string of the molecule is CSCCC(C)N(C)c1ccc(N)cc1C. The highest BCUT2D eigenvalue weighted by Crippen LogP contribution is 2.23. The summed E-state index contributed by atoms with van der Waals surface area (Å²) in [6.45, 7) is 4.38. The van der Waals surface area contributed by atoms with Crippen molar-refractivity contribution in [2.75, 3.05) is 29.7 Å². The molecule has 0 aliphatic heterocycles. The summed E-state index contributed by atoms with van der Waals surface area (Å²) >= 11 is 1.90. The highest BCUT2D eigenvalue weighted by atomic mass is 32.2. The van der Waals surface area contributed by atoms with E-state index in [-0.39, 0.29) is 0 Å². The van der Waals surface area contributed by atoms with Crippen molar-refractivity contribution < 1.29 is 0 Å². The fraction of sp³-hybridized carbons (Fsp3) is 0.538. The molecule has 1 unspecified atom stereocenters. The zero-order valence-corrected chi connectivity index (χ0v) is 11.5. The van der Waals surface area contributed by atoms with Crippen molar-refractivity contribution in [1.82, 2.24) is 0 Å². The number of nitrogens with two attached hydrogens (primary N) is 1. The first-order chi connectivity index (χ1) is 7.56. The van der Waals surface area contributed by atoms with Crippen LogP contribution in [-0.2, 0) is 0 Å². The molecule has 0 fully saturated rings. The van der Waals surface area contributed by atoms with Crippen molar-refractivity contribution in [2.45, 2.75) is 26.3 Å². The standard InChI is InChI=1S/C13H22N2S/c1-10-9-12(14)5-6-13(10)15(3)11(2)7-8-16-4/h5-6,9,11H,7-8,14H2,1-4H3. The van der Waals surface area contributed by atoms with Crippen LogP contribution in [0, 0.1) is 6.92 Å². The maximum atomic E-state index is 5.76. The van der Waals surface area contributed by atoms with Crippen LogP contribution in [0.1, 0.15) is 18.9 Å². The first-order valence-electron chi connectivity index (χ1n) is 5.64. The number of thioether (sulfide) groups is 1. The Morgan fingerprint density at radius 2 is 2.12 bits per heavy atom. The van der Waals surface area contributed by atoms with E-state index < -0.39 is 0 Å². The molecule has 0 heterocycles. The lowest BCUT2D eigenvalue weighted by atomic mass is 10.1. The highest BCUT2D eigenvalue weighted by Gasteiger charge is 2.11. The van der Waals surface area contributed by atoms with Crippen molar-refractivity contribution in [2.24, 2.45) is 0 Å². The van der Waals surface area contributed by atoms with Crippen molar-refractivity contribution >= 4 is 23.1 Å². The summed E-state index contributed by atoms with van der Waals surface area (Å²) < 4.78 is 0. The number of anilines is 2.